The van der Waals surface area contributed by atoms with Gasteiger partial charge in [-0.1, -0.05) is 54.6 Å². The smallest absolute Gasteiger partial charge is 0.305 e. The Bertz CT molecular complexity index is 1420. The average molecular weight is 524 g/mol. The normalized spacial score (nSPS) is 10.9. The molecule has 39 heavy (non-hydrogen) atoms. The highest BCUT2D eigenvalue weighted by molar-refractivity contribution is 5.94. The van der Waals surface area contributed by atoms with Crippen LogP contribution >= 0.6 is 0 Å². The molecule has 4 aromatic rings. The number of ether oxygens (including phenoxy) is 2. The first kappa shape index (κ1) is 27.4. The van der Waals surface area contributed by atoms with Gasteiger partial charge in [0.15, 0.2) is 0 Å². The minimum absolute atomic E-state index is 0.106. The molecule has 0 saturated heterocycles. The molecular weight excluding hydrogens is 490 g/mol. The fourth-order valence-electron chi connectivity index (χ4n) is 4.10. The predicted octanol–water partition coefficient (Wildman–Crippen LogP) is 6.10. The SMILES string of the molecule is CCn1cc(-c2ccc(C(=O)NC)cc2)nc1/C=C/c1ccc(-c2ccc(OCCCC(=O)OC)cc2)cc1. The van der Waals surface area contributed by atoms with E-state index in [2.05, 4.69) is 51.9 Å². The van der Waals surface area contributed by atoms with Gasteiger partial charge < -0.3 is 19.4 Å². The summed E-state index contributed by atoms with van der Waals surface area (Å²) < 4.78 is 12.5. The Morgan fingerprint density at radius 2 is 1.54 bits per heavy atom. The highest BCUT2D eigenvalue weighted by atomic mass is 16.5. The van der Waals surface area contributed by atoms with E-state index in [1.165, 1.54) is 7.11 Å². The van der Waals surface area contributed by atoms with E-state index >= 15 is 0 Å². The summed E-state index contributed by atoms with van der Waals surface area (Å²) in [7, 11) is 3.01. The molecule has 200 valence electrons. The van der Waals surface area contributed by atoms with Crippen LogP contribution in [-0.2, 0) is 16.1 Å². The summed E-state index contributed by atoms with van der Waals surface area (Å²) in [5.41, 5.74) is 5.74. The molecule has 1 N–H and O–H groups in total. The van der Waals surface area contributed by atoms with E-state index in [9.17, 15) is 9.59 Å². The van der Waals surface area contributed by atoms with Gasteiger partial charge in [-0.05, 0) is 60.4 Å². The summed E-state index contributed by atoms with van der Waals surface area (Å²) in [6, 6.07) is 23.8. The second-order valence-corrected chi connectivity index (χ2v) is 8.93. The topological polar surface area (TPSA) is 82.5 Å². The van der Waals surface area contributed by atoms with E-state index in [0.717, 1.165) is 46.1 Å². The molecule has 0 spiro atoms. The van der Waals surface area contributed by atoms with Crippen LogP contribution in [-0.4, -0.2) is 42.2 Å². The Labute approximate surface area is 229 Å². The zero-order valence-electron chi connectivity index (χ0n) is 22.5. The minimum atomic E-state index is -0.224. The lowest BCUT2D eigenvalue weighted by Gasteiger charge is -2.07. The molecule has 1 amide bonds. The summed E-state index contributed by atoms with van der Waals surface area (Å²) >= 11 is 0. The fourth-order valence-corrected chi connectivity index (χ4v) is 4.10. The third kappa shape index (κ3) is 7.23. The molecule has 7 heteroatoms. The number of esters is 1. The van der Waals surface area contributed by atoms with Crippen LogP contribution in [0.2, 0.25) is 0 Å². The van der Waals surface area contributed by atoms with Crippen LogP contribution in [0.1, 0.15) is 41.5 Å². The van der Waals surface area contributed by atoms with Gasteiger partial charge in [0.1, 0.15) is 11.6 Å². The van der Waals surface area contributed by atoms with Gasteiger partial charge in [0.05, 0.1) is 19.4 Å². The van der Waals surface area contributed by atoms with E-state index in [4.69, 9.17) is 9.72 Å². The molecule has 4 rings (SSSR count). The minimum Gasteiger partial charge on any atom is -0.494 e. The summed E-state index contributed by atoms with van der Waals surface area (Å²) in [5.74, 6) is 1.31. The molecule has 0 radical (unpaired) electrons. The van der Waals surface area contributed by atoms with Crippen molar-refractivity contribution in [3.8, 4) is 28.1 Å². The highest BCUT2D eigenvalue weighted by Gasteiger charge is 2.09. The lowest BCUT2D eigenvalue weighted by atomic mass is 10.0. The summed E-state index contributed by atoms with van der Waals surface area (Å²) in [4.78, 5) is 27.8. The van der Waals surface area contributed by atoms with Gasteiger partial charge in [0.2, 0.25) is 0 Å². The number of amides is 1. The van der Waals surface area contributed by atoms with Gasteiger partial charge >= 0.3 is 5.97 Å². The maximum Gasteiger partial charge on any atom is 0.305 e. The third-order valence-corrected chi connectivity index (χ3v) is 6.36. The number of nitrogens with zero attached hydrogens (tertiary/aromatic N) is 2. The number of rotatable bonds is 11. The highest BCUT2D eigenvalue weighted by Crippen LogP contribution is 2.24. The molecule has 3 aromatic carbocycles. The second-order valence-electron chi connectivity index (χ2n) is 8.93. The van der Waals surface area contributed by atoms with E-state index in [0.29, 0.717) is 25.0 Å². The Hall–Kier alpha value is -4.65. The van der Waals surface area contributed by atoms with E-state index < -0.39 is 0 Å². The van der Waals surface area contributed by atoms with E-state index in [1.54, 1.807) is 7.05 Å². The van der Waals surface area contributed by atoms with E-state index in [1.807, 2.05) is 60.8 Å². The van der Waals surface area contributed by atoms with Gasteiger partial charge in [0, 0.05) is 37.3 Å². The number of carbonyl (C=O) groups excluding carboxylic acids is 2. The van der Waals surface area contributed by atoms with Crippen LogP contribution < -0.4 is 10.1 Å². The standard InChI is InChI=1S/C32H33N3O4/c1-4-35-22-29(26-12-14-27(15-13-26)32(37)33-2)34-30(35)20-9-23-7-10-24(11-8-23)25-16-18-28(19-17-25)39-21-5-6-31(36)38-3/h7-20,22H,4-6,21H2,1-3H3,(H,33,37)/b20-9+. The Kier molecular flexibility index (Phi) is 9.29. The maximum absolute atomic E-state index is 11.8. The number of aromatic nitrogens is 2. The molecule has 0 aliphatic rings. The fraction of sp³-hybridized carbons (Fsp3) is 0.219. The molecule has 0 fully saturated rings. The maximum atomic E-state index is 11.8. The Morgan fingerprint density at radius 3 is 2.15 bits per heavy atom. The number of methoxy groups -OCH3 is 1. The van der Waals surface area contributed by atoms with Crippen LogP contribution in [0.5, 0.6) is 5.75 Å². The lowest BCUT2D eigenvalue weighted by molar-refractivity contribution is -0.140. The zero-order valence-corrected chi connectivity index (χ0v) is 22.5. The summed E-state index contributed by atoms with van der Waals surface area (Å²) in [6.45, 7) is 3.36. The van der Waals surface area contributed by atoms with Crippen LogP contribution in [0.25, 0.3) is 34.5 Å². The number of nitrogens with one attached hydrogen (secondary N) is 1. The van der Waals surface area contributed by atoms with Gasteiger partial charge in [-0.2, -0.15) is 0 Å². The molecule has 0 aliphatic heterocycles. The number of hydrogen-bond donors (Lipinski definition) is 1. The summed E-state index contributed by atoms with van der Waals surface area (Å²) in [6.07, 6.45) is 7.08. The van der Waals surface area contributed by atoms with Crippen molar-refractivity contribution in [1.29, 1.82) is 0 Å². The van der Waals surface area contributed by atoms with Crippen LogP contribution in [0.3, 0.4) is 0 Å². The van der Waals surface area contributed by atoms with Crippen LogP contribution in [0, 0.1) is 0 Å². The molecule has 7 nitrogen and oxygen atoms in total. The number of benzene rings is 3. The van der Waals surface area contributed by atoms with Crippen molar-refractivity contribution in [3.63, 3.8) is 0 Å². The van der Waals surface area contributed by atoms with Crippen LogP contribution in [0.4, 0.5) is 0 Å². The van der Waals surface area contributed by atoms with Gasteiger partial charge in [0.25, 0.3) is 5.91 Å². The largest absolute Gasteiger partial charge is 0.494 e. The second kappa shape index (κ2) is 13.2. The average Bonchev–Trinajstić information content (AvgIpc) is 3.41. The van der Waals surface area contributed by atoms with Crippen molar-refractivity contribution in [2.75, 3.05) is 20.8 Å². The van der Waals surface area contributed by atoms with Gasteiger partial charge in [-0.25, -0.2) is 4.98 Å². The molecule has 0 atom stereocenters. The predicted molar refractivity (Wildman–Crippen MR) is 154 cm³/mol. The molecule has 0 unspecified atom stereocenters. The van der Waals surface area contributed by atoms with Crippen LogP contribution in [0.15, 0.2) is 79.0 Å². The van der Waals surface area contributed by atoms with Crippen molar-refractivity contribution in [3.05, 3.63) is 95.9 Å². The van der Waals surface area contributed by atoms with Gasteiger partial charge in [-0.15, -0.1) is 0 Å². The monoisotopic (exact) mass is 523 g/mol. The van der Waals surface area contributed by atoms with E-state index in [-0.39, 0.29) is 11.9 Å². The van der Waals surface area contributed by atoms with Crippen molar-refractivity contribution in [1.82, 2.24) is 14.9 Å². The first-order valence-corrected chi connectivity index (χ1v) is 13.0. The molecule has 1 heterocycles. The number of aryl methyl sites for hydroxylation is 1. The third-order valence-electron chi connectivity index (χ3n) is 6.36. The number of hydrogen-bond acceptors (Lipinski definition) is 5. The van der Waals surface area contributed by atoms with Crippen molar-refractivity contribution >= 4 is 24.0 Å². The van der Waals surface area contributed by atoms with Crippen molar-refractivity contribution in [2.24, 2.45) is 0 Å². The lowest BCUT2D eigenvalue weighted by Crippen LogP contribution is -2.17. The molecule has 1 aromatic heterocycles. The van der Waals surface area contributed by atoms with Gasteiger partial charge in [-0.3, -0.25) is 9.59 Å². The number of imidazole rings is 1. The zero-order chi connectivity index (χ0) is 27.6. The molecular formula is C32H33N3O4. The molecule has 0 aliphatic carbocycles. The van der Waals surface area contributed by atoms with Crippen molar-refractivity contribution < 1.29 is 19.1 Å². The van der Waals surface area contributed by atoms with Crippen molar-refractivity contribution in [2.45, 2.75) is 26.3 Å². The first-order valence-electron chi connectivity index (χ1n) is 13.0. The first-order chi connectivity index (χ1) is 19.0. The quantitative estimate of drug-likeness (QED) is 0.190. The molecule has 0 saturated carbocycles. The Balaban J connectivity index is 1.39. The number of carbonyl (C=O) groups is 2. The Morgan fingerprint density at radius 1 is 0.897 bits per heavy atom. The molecule has 0 bridgehead atoms. The summed E-state index contributed by atoms with van der Waals surface area (Å²) in [5, 5.41) is 2.64.